The number of hydrogen-bond acceptors (Lipinski definition) is 4. The predicted octanol–water partition coefficient (Wildman–Crippen LogP) is 1.35. The Hall–Kier alpha value is -2.71. The van der Waals surface area contributed by atoms with Crippen molar-refractivity contribution in [3.8, 4) is 11.8 Å². The van der Waals surface area contributed by atoms with Gasteiger partial charge < -0.3 is 11.1 Å². The molecule has 0 aromatic carbocycles. The molecule has 100 valence electrons. The third-order valence-electron chi connectivity index (χ3n) is 2.57. The number of nitrogens with two attached hydrogens (primary N) is 1. The number of nitrogens with one attached hydrogen (secondary N) is 1. The lowest BCUT2D eigenvalue weighted by molar-refractivity contribution is 0.102. The zero-order chi connectivity index (χ0) is 14.4. The molecule has 0 saturated heterocycles. The van der Waals surface area contributed by atoms with Gasteiger partial charge in [-0.25, -0.2) is 9.97 Å². The molecule has 2 rings (SSSR count). The van der Waals surface area contributed by atoms with E-state index in [9.17, 15) is 4.79 Å². The first kappa shape index (κ1) is 13.7. The molecule has 0 radical (unpaired) electrons. The van der Waals surface area contributed by atoms with Crippen molar-refractivity contribution >= 4 is 11.7 Å². The summed E-state index contributed by atoms with van der Waals surface area (Å²) in [4.78, 5) is 20.2. The van der Waals surface area contributed by atoms with Crippen molar-refractivity contribution in [3.63, 3.8) is 0 Å². The fourth-order valence-corrected chi connectivity index (χ4v) is 1.54. The summed E-state index contributed by atoms with van der Waals surface area (Å²) in [5, 5.41) is 2.72. The summed E-state index contributed by atoms with van der Waals surface area (Å²) >= 11 is 0. The molecular formula is C15H14N4O. The number of nitrogens with zero attached hydrogens (tertiary/aromatic N) is 2. The minimum absolute atomic E-state index is 0.293. The second kappa shape index (κ2) is 6.45. The molecule has 0 saturated carbocycles. The first-order valence-electron chi connectivity index (χ1n) is 6.08. The molecule has 0 aliphatic heterocycles. The largest absolute Gasteiger partial charge is 0.320 e. The molecule has 0 atom stereocenters. The highest BCUT2D eigenvalue weighted by atomic mass is 16.1. The van der Waals surface area contributed by atoms with Crippen LogP contribution in [0.3, 0.4) is 0 Å². The Bertz CT molecular complexity index is 668. The lowest BCUT2D eigenvalue weighted by Crippen LogP contribution is -2.15. The average Bonchev–Trinajstić information content (AvgIpc) is 2.48. The van der Waals surface area contributed by atoms with Crippen LogP contribution >= 0.6 is 0 Å². The van der Waals surface area contributed by atoms with E-state index in [1.165, 1.54) is 0 Å². The zero-order valence-electron chi connectivity index (χ0n) is 11.1. The van der Waals surface area contributed by atoms with Crippen molar-refractivity contribution in [1.29, 1.82) is 0 Å². The van der Waals surface area contributed by atoms with Crippen molar-refractivity contribution < 1.29 is 4.79 Å². The normalized spacial score (nSPS) is 9.50. The Morgan fingerprint density at radius 1 is 1.35 bits per heavy atom. The first-order valence-corrected chi connectivity index (χ1v) is 6.08. The molecule has 2 aromatic rings. The Balaban J connectivity index is 2.12. The van der Waals surface area contributed by atoms with Crippen molar-refractivity contribution in [2.75, 3.05) is 11.9 Å². The van der Waals surface area contributed by atoms with E-state index in [-0.39, 0.29) is 5.91 Å². The van der Waals surface area contributed by atoms with Crippen molar-refractivity contribution in [2.24, 2.45) is 5.73 Å². The van der Waals surface area contributed by atoms with E-state index in [1.807, 2.05) is 19.1 Å². The molecule has 2 aromatic heterocycles. The van der Waals surface area contributed by atoms with Crippen LogP contribution in [0.2, 0.25) is 0 Å². The van der Waals surface area contributed by atoms with Gasteiger partial charge in [-0.2, -0.15) is 0 Å². The van der Waals surface area contributed by atoms with E-state index in [1.54, 1.807) is 24.5 Å². The highest BCUT2D eigenvalue weighted by Gasteiger charge is 2.09. The summed E-state index contributed by atoms with van der Waals surface area (Å²) in [6.07, 6.45) is 3.17. The Kier molecular flexibility index (Phi) is 4.43. The molecule has 20 heavy (non-hydrogen) atoms. The third kappa shape index (κ3) is 3.40. The lowest BCUT2D eigenvalue weighted by Gasteiger charge is -2.06. The summed E-state index contributed by atoms with van der Waals surface area (Å²) in [7, 11) is 0. The van der Waals surface area contributed by atoms with Crippen LogP contribution in [0.15, 0.2) is 36.7 Å². The second-order valence-corrected chi connectivity index (χ2v) is 4.06. The molecule has 0 fully saturated rings. The van der Waals surface area contributed by atoms with E-state index in [2.05, 4.69) is 27.1 Å². The van der Waals surface area contributed by atoms with E-state index in [0.717, 1.165) is 11.1 Å². The predicted molar refractivity (Wildman–Crippen MR) is 77.1 cm³/mol. The van der Waals surface area contributed by atoms with Crippen molar-refractivity contribution in [1.82, 2.24) is 9.97 Å². The molecule has 3 N–H and O–H groups in total. The van der Waals surface area contributed by atoms with E-state index in [4.69, 9.17) is 5.73 Å². The van der Waals surface area contributed by atoms with Crippen LogP contribution in [-0.4, -0.2) is 22.4 Å². The van der Waals surface area contributed by atoms with Gasteiger partial charge in [0.15, 0.2) is 0 Å². The molecule has 0 aliphatic carbocycles. The maximum absolute atomic E-state index is 12.0. The van der Waals surface area contributed by atoms with Crippen LogP contribution in [0.25, 0.3) is 0 Å². The van der Waals surface area contributed by atoms with Gasteiger partial charge in [-0.15, -0.1) is 0 Å². The molecule has 5 nitrogen and oxygen atoms in total. The summed E-state index contributed by atoms with van der Waals surface area (Å²) in [6.45, 7) is 2.17. The summed E-state index contributed by atoms with van der Waals surface area (Å²) in [5.74, 6) is 5.81. The van der Waals surface area contributed by atoms with Crippen LogP contribution in [0.1, 0.15) is 21.6 Å². The molecule has 0 spiro atoms. The highest BCUT2D eigenvalue weighted by Crippen LogP contribution is 2.10. The van der Waals surface area contributed by atoms with Gasteiger partial charge in [0.05, 0.1) is 6.54 Å². The Labute approximate surface area is 117 Å². The number of rotatable bonds is 2. The van der Waals surface area contributed by atoms with Crippen molar-refractivity contribution in [2.45, 2.75) is 6.92 Å². The number of carbonyl (C=O) groups excluding carboxylic acids is 1. The fraction of sp³-hybridized carbons (Fsp3) is 0.133. The minimum atomic E-state index is -0.301. The smallest absolute Gasteiger partial charge is 0.275 e. The Morgan fingerprint density at radius 3 is 2.85 bits per heavy atom. The Morgan fingerprint density at radius 2 is 2.20 bits per heavy atom. The number of amides is 1. The summed E-state index contributed by atoms with van der Waals surface area (Å²) in [5.41, 5.74) is 7.22. The molecule has 0 bridgehead atoms. The van der Waals surface area contributed by atoms with Crippen LogP contribution in [0.4, 0.5) is 5.82 Å². The van der Waals surface area contributed by atoms with Gasteiger partial charge in [-0.05, 0) is 30.7 Å². The topological polar surface area (TPSA) is 80.9 Å². The summed E-state index contributed by atoms with van der Waals surface area (Å²) < 4.78 is 0. The van der Waals surface area contributed by atoms with Crippen LogP contribution in [0, 0.1) is 18.8 Å². The number of carbonyl (C=O) groups is 1. The zero-order valence-corrected chi connectivity index (χ0v) is 11.1. The maximum Gasteiger partial charge on any atom is 0.275 e. The number of hydrogen-bond donors (Lipinski definition) is 2. The maximum atomic E-state index is 12.0. The molecule has 0 unspecified atom stereocenters. The standard InChI is InChI=1S/C15H14N4O/c1-11-4-3-9-17-14(11)19-15(20)13-7-6-12(10-18-13)5-2-8-16/h3-4,6-7,9-10H,8,16H2,1H3,(H,17,19,20). The van der Waals surface area contributed by atoms with Crippen LogP contribution in [0.5, 0.6) is 0 Å². The third-order valence-corrected chi connectivity index (χ3v) is 2.57. The number of aromatic nitrogens is 2. The molecule has 5 heteroatoms. The number of pyridine rings is 2. The van der Waals surface area contributed by atoms with Gasteiger partial charge in [-0.1, -0.05) is 17.9 Å². The van der Waals surface area contributed by atoms with Gasteiger partial charge in [0.1, 0.15) is 11.5 Å². The minimum Gasteiger partial charge on any atom is -0.320 e. The van der Waals surface area contributed by atoms with Crippen molar-refractivity contribution in [3.05, 3.63) is 53.5 Å². The van der Waals surface area contributed by atoms with Crippen LogP contribution in [-0.2, 0) is 0 Å². The van der Waals surface area contributed by atoms with Gasteiger partial charge in [0.25, 0.3) is 5.91 Å². The van der Waals surface area contributed by atoms with Gasteiger partial charge >= 0.3 is 0 Å². The summed E-state index contributed by atoms with van der Waals surface area (Å²) in [6, 6.07) is 7.04. The number of anilines is 1. The molecule has 2 heterocycles. The molecule has 1 amide bonds. The lowest BCUT2D eigenvalue weighted by atomic mass is 10.2. The van der Waals surface area contributed by atoms with E-state index < -0.39 is 0 Å². The molecular weight excluding hydrogens is 252 g/mol. The van der Waals surface area contributed by atoms with Gasteiger partial charge in [-0.3, -0.25) is 4.79 Å². The molecule has 0 aliphatic rings. The van der Waals surface area contributed by atoms with E-state index >= 15 is 0 Å². The van der Waals surface area contributed by atoms with Gasteiger partial charge in [0, 0.05) is 18.0 Å². The SMILES string of the molecule is Cc1cccnc1NC(=O)c1ccc(C#CCN)cn1. The quantitative estimate of drug-likeness (QED) is 0.804. The monoisotopic (exact) mass is 266 g/mol. The number of aryl methyl sites for hydroxylation is 1. The van der Waals surface area contributed by atoms with E-state index in [0.29, 0.717) is 18.1 Å². The first-order chi connectivity index (χ1) is 9.70. The average molecular weight is 266 g/mol. The van der Waals surface area contributed by atoms with Gasteiger partial charge in [0.2, 0.25) is 0 Å². The second-order valence-electron chi connectivity index (χ2n) is 4.06. The fourth-order valence-electron chi connectivity index (χ4n) is 1.54. The highest BCUT2D eigenvalue weighted by molar-refractivity contribution is 6.02. The van der Waals surface area contributed by atoms with Crippen LogP contribution < -0.4 is 11.1 Å².